The van der Waals surface area contributed by atoms with Crippen molar-refractivity contribution in [3.8, 4) is 0 Å². The predicted molar refractivity (Wildman–Crippen MR) is 56.6 cm³/mol. The summed E-state index contributed by atoms with van der Waals surface area (Å²) in [7, 11) is 3.64. The van der Waals surface area contributed by atoms with E-state index < -0.39 is 0 Å². The van der Waals surface area contributed by atoms with Crippen LogP contribution < -0.4 is 5.01 Å². The summed E-state index contributed by atoms with van der Waals surface area (Å²) in [6.45, 7) is 0. The smallest absolute Gasteiger partial charge is 0.264 e. The standard InChI is InChI=1S/C11H12N2O/c1-12-10-6-4-3-5-9(10)7-8-11(14)13(12)2/h3-8H,1-2H3. The van der Waals surface area contributed by atoms with Crippen LogP contribution in [-0.2, 0) is 4.79 Å². The van der Waals surface area contributed by atoms with Crippen LogP contribution in [0.1, 0.15) is 5.56 Å². The highest BCUT2D eigenvalue weighted by molar-refractivity contribution is 5.95. The number of hydrogen-bond donors (Lipinski definition) is 0. The van der Waals surface area contributed by atoms with Crippen LogP contribution in [0.25, 0.3) is 6.08 Å². The number of likely N-dealkylation sites (N-methyl/N-ethyl adjacent to an activating group) is 1. The number of hydrogen-bond acceptors (Lipinski definition) is 2. The van der Waals surface area contributed by atoms with Crippen LogP contribution in [-0.4, -0.2) is 25.0 Å². The molecule has 3 nitrogen and oxygen atoms in total. The SMILES string of the molecule is CN1C(=O)C=Cc2ccccc2N1C. The molecule has 72 valence electrons. The van der Waals surface area contributed by atoms with Gasteiger partial charge in [0, 0.05) is 20.2 Å². The van der Waals surface area contributed by atoms with Gasteiger partial charge in [0.1, 0.15) is 0 Å². The molecule has 14 heavy (non-hydrogen) atoms. The molecule has 0 fully saturated rings. The van der Waals surface area contributed by atoms with Crippen molar-refractivity contribution in [3.05, 3.63) is 35.9 Å². The quantitative estimate of drug-likeness (QED) is 0.616. The third kappa shape index (κ3) is 1.27. The second kappa shape index (κ2) is 3.18. The van der Waals surface area contributed by atoms with E-state index in [2.05, 4.69) is 0 Å². The molecule has 0 bridgehead atoms. The van der Waals surface area contributed by atoms with Gasteiger partial charge >= 0.3 is 0 Å². The lowest BCUT2D eigenvalue weighted by atomic mass is 10.1. The molecule has 1 amide bonds. The fraction of sp³-hybridized carbons (Fsp3) is 0.182. The van der Waals surface area contributed by atoms with E-state index in [0.717, 1.165) is 11.3 Å². The Bertz CT molecular complexity index is 398. The van der Waals surface area contributed by atoms with Crippen molar-refractivity contribution >= 4 is 17.7 Å². The molecule has 1 aliphatic heterocycles. The molecule has 0 saturated heterocycles. The van der Waals surface area contributed by atoms with E-state index in [-0.39, 0.29) is 5.91 Å². The lowest BCUT2D eigenvalue weighted by Crippen LogP contribution is -2.39. The molecule has 1 aromatic rings. The molecule has 0 radical (unpaired) electrons. The Morgan fingerprint density at radius 3 is 2.50 bits per heavy atom. The minimum absolute atomic E-state index is 0.0105. The van der Waals surface area contributed by atoms with Crippen LogP contribution in [0.3, 0.4) is 0 Å². The Hall–Kier alpha value is -1.77. The summed E-state index contributed by atoms with van der Waals surface area (Å²) < 4.78 is 0. The lowest BCUT2D eigenvalue weighted by molar-refractivity contribution is -0.125. The highest BCUT2D eigenvalue weighted by Crippen LogP contribution is 2.23. The van der Waals surface area contributed by atoms with Gasteiger partial charge in [-0.05, 0) is 17.7 Å². The van der Waals surface area contributed by atoms with E-state index in [1.807, 2.05) is 42.4 Å². The molecule has 1 heterocycles. The molecule has 0 aliphatic carbocycles. The van der Waals surface area contributed by atoms with E-state index >= 15 is 0 Å². The highest BCUT2D eigenvalue weighted by Gasteiger charge is 2.16. The van der Waals surface area contributed by atoms with Crippen molar-refractivity contribution in [2.24, 2.45) is 0 Å². The Labute approximate surface area is 83.2 Å². The molecule has 0 unspecified atom stereocenters. The van der Waals surface area contributed by atoms with Gasteiger partial charge < -0.3 is 0 Å². The largest absolute Gasteiger partial charge is 0.285 e. The number of carbonyl (C=O) groups is 1. The number of fused-ring (bicyclic) bond motifs is 1. The molecule has 1 aliphatic rings. The van der Waals surface area contributed by atoms with Crippen LogP contribution in [0.5, 0.6) is 0 Å². The van der Waals surface area contributed by atoms with Gasteiger partial charge in [0.15, 0.2) is 0 Å². The Balaban J connectivity index is 2.54. The van der Waals surface area contributed by atoms with Gasteiger partial charge in [-0.15, -0.1) is 0 Å². The molecule has 0 atom stereocenters. The summed E-state index contributed by atoms with van der Waals surface area (Å²) in [4.78, 5) is 11.5. The van der Waals surface area contributed by atoms with Crippen molar-refractivity contribution in [1.82, 2.24) is 5.01 Å². The molecular weight excluding hydrogens is 176 g/mol. The fourth-order valence-corrected chi connectivity index (χ4v) is 1.50. The maximum Gasteiger partial charge on any atom is 0.264 e. The average Bonchev–Trinajstić information content (AvgIpc) is 2.32. The first-order chi connectivity index (χ1) is 6.70. The maximum absolute atomic E-state index is 11.5. The number of anilines is 1. The van der Waals surface area contributed by atoms with Crippen molar-refractivity contribution in [2.75, 3.05) is 19.1 Å². The monoisotopic (exact) mass is 188 g/mol. The van der Waals surface area contributed by atoms with Gasteiger partial charge in [-0.2, -0.15) is 0 Å². The van der Waals surface area contributed by atoms with Crippen molar-refractivity contribution in [3.63, 3.8) is 0 Å². The fourth-order valence-electron chi connectivity index (χ4n) is 1.50. The minimum Gasteiger partial charge on any atom is -0.285 e. The number of para-hydroxylation sites is 1. The zero-order valence-electron chi connectivity index (χ0n) is 8.27. The van der Waals surface area contributed by atoms with Crippen LogP contribution >= 0.6 is 0 Å². The van der Waals surface area contributed by atoms with Crippen LogP contribution in [0.15, 0.2) is 30.3 Å². The summed E-state index contributed by atoms with van der Waals surface area (Å²) in [6.07, 6.45) is 3.43. The zero-order valence-corrected chi connectivity index (χ0v) is 8.27. The summed E-state index contributed by atoms with van der Waals surface area (Å²) in [5, 5.41) is 3.43. The molecule has 0 spiro atoms. The third-order valence-corrected chi connectivity index (χ3v) is 2.46. The molecule has 0 aromatic heterocycles. The van der Waals surface area contributed by atoms with E-state index in [1.54, 1.807) is 18.1 Å². The van der Waals surface area contributed by atoms with Gasteiger partial charge in [0.05, 0.1) is 5.69 Å². The number of amides is 1. The van der Waals surface area contributed by atoms with Crippen LogP contribution in [0.4, 0.5) is 5.69 Å². The first-order valence-corrected chi connectivity index (χ1v) is 4.48. The number of hydrazine groups is 1. The van der Waals surface area contributed by atoms with Gasteiger partial charge in [-0.1, -0.05) is 18.2 Å². The maximum atomic E-state index is 11.5. The summed E-state index contributed by atoms with van der Waals surface area (Å²) >= 11 is 0. The normalized spacial score (nSPS) is 15.4. The van der Waals surface area contributed by atoms with E-state index in [0.29, 0.717) is 0 Å². The molecule has 3 heteroatoms. The average molecular weight is 188 g/mol. The Morgan fingerprint density at radius 2 is 1.71 bits per heavy atom. The van der Waals surface area contributed by atoms with Gasteiger partial charge in [0.25, 0.3) is 5.91 Å². The van der Waals surface area contributed by atoms with Crippen molar-refractivity contribution < 1.29 is 4.79 Å². The molecule has 2 rings (SSSR count). The molecular formula is C11H12N2O. The summed E-state index contributed by atoms with van der Waals surface area (Å²) in [5.41, 5.74) is 2.10. The summed E-state index contributed by atoms with van der Waals surface area (Å²) in [5.74, 6) is -0.0105. The summed E-state index contributed by atoms with van der Waals surface area (Å²) in [6, 6.07) is 7.92. The second-order valence-electron chi connectivity index (χ2n) is 3.28. The van der Waals surface area contributed by atoms with Gasteiger partial charge in [-0.3, -0.25) is 14.8 Å². The number of carbonyl (C=O) groups excluding carboxylic acids is 1. The number of rotatable bonds is 0. The van der Waals surface area contributed by atoms with Gasteiger partial charge in [-0.25, -0.2) is 0 Å². The Morgan fingerprint density at radius 1 is 1.00 bits per heavy atom. The first kappa shape index (κ1) is 8.81. The molecule has 0 saturated carbocycles. The van der Waals surface area contributed by atoms with E-state index in [1.165, 1.54) is 0 Å². The van der Waals surface area contributed by atoms with Crippen LogP contribution in [0.2, 0.25) is 0 Å². The lowest BCUT2D eigenvalue weighted by Gasteiger charge is -2.28. The highest BCUT2D eigenvalue weighted by atomic mass is 16.2. The third-order valence-electron chi connectivity index (χ3n) is 2.46. The molecule has 0 N–H and O–H groups in total. The predicted octanol–water partition coefficient (Wildman–Crippen LogP) is 1.52. The first-order valence-electron chi connectivity index (χ1n) is 4.48. The van der Waals surface area contributed by atoms with Crippen LogP contribution in [0, 0.1) is 0 Å². The molecule has 1 aromatic carbocycles. The number of benzene rings is 1. The van der Waals surface area contributed by atoms with Crippen molar-refractivity contribution in [1.29, 1.82) is 0 Å². The topological polar surface area (TPSA) is 23.6 Å². The minimum atomic E-state index is -0.0105. The van der Waals surface area contributed by atoms with Gasteiger partial charge in [0.2, 0.25) is 0 Å². The zero-order chi connectivity index (χ0) is 10.1. The Kier molecular flexibility index (Phi) is 2.00. The second-order valence-corrected chi connectivity index (χ2v) is 3.28. The number of nitrogens with zero attached hydrogens (tertiary/aromatic N) is 2. The van der Waals surface area contributed by atoms with E-state index in [4.69, 9.17) is 0 Å². The van der Waals surface area contributed by atoms with Crippen molar-refractivity contribution in [2.45, 2.75) is 0 Å². The van der Waals surface area contributed by atoms with E-state index in [9.17, 15) is 4.79 Å².